The molecular weight excluding hydrogens is 627 g/mol. The summed E-state index contributed by atoms with van der Waals surface area (Å²) in [6, 6.07) is 47.8. The third kappa shape index (κ3) is 5.06. The first-order valence-electron chi connectivity index (χ1n) is 17.1. The summed E-state index contributed by atoms with van der Waals surface area (Å²) in [5.74, 6) is 2.55. The van der Waals surface area contributed by atoms with Gasteiger partial charge in [0.05, 0.1) is 5.56 Å². The van der Waals surface area contributed by atoms with Crippen molar-refractivity contribution in [2.45, 2.75) is 6.42 Å². The molecule has 1 aliphatic rings. The third-order valence-corrected chi connectivity index (χ3v) is 9.57. The highest BCUT2D eigenvalue weighted by Crippen LogP contribution is 2.39. The van der Waals surface area contributed by atoms with Crippen LogP contribution in [0.2, 0.25) is 0 Å². The van der Waals surface area contributed by atoms with E-state index in [1.165, 1.54) is 5.56 Å². The van der Waals surface area contributed by atoms with Gasteiger partial charge in [-0.05, 0) is 71.1 Å². The van der Waals surface area contributed by atoms with Crippen molar-refractivity contribution in [2.75, 3.05) is 0 Å². The molecule has 0 unspecified atom stereocenters. The van der Waals surface area contributed by atoms with Gasteiger partial charge in [0.2, 0.25) is 0 Å². The van der Waals surface area contributed by atoms with Gasteiger partial charge < -0.3 is 8.83 Å². The van der Waals surface area contributed by atoms with Crippen LogP contribution in [0.4, 0.5) is 0 Å². The van der Waals surface area contributed by atoms with Gasteiger partial charge in [-0.2, -0.15) is 0 Å². The van der Waals surface area contributed by atoms with Crippen molar-refractivity contribution in [1.29, 1.82) is 0 Å². The maximum atomic E-state index is 6.47. The van der Waals surface area contributed by atoms with Crippen LogP contribution < -0.4 is 0 Å². The van der Waals surface area contributed by atoms with Crippen molar-refractivity contribution < 1.29 is 8.83 Å². The van der Waals surface area contributed by atoms with E-state index in [2.05, 4.69) is 103 Å². The van der Waals surface area contributed by atoms with E-state index in [9.17, 15) is 0 Å². The summed E-state index contributed by atoms with van der Waals surface area (Å²) in [5.41, 5.74) is 10.5. The molecule has 240 valence electrons. The van der Waals surface area contributed by atoms with Gasteiger partial charge >= 0.3 is 0 Å². The first-order chi connectivity index (χ1) is 25.3. The van der Waals surface area contributed by atoms with Gasteiger partial charge in [0.15, 0.2) is 17.5 Å². The molecule has 0 aliphatic heterocycles. The normalized spacial score (nSPS) is 12.5. The average molecular weight is 656 g/mol. The Morgan fingerprint density at radius 3 is 2.00 bits per heavy atom. The Balaban J connectivity index is 1.20. The van der Waals surface area contributed by atoms with E-state index in [1.54, 1.807) is 0 Å². The van der Waals surface area contributed by atoms with Crippen molar-refractivity contribution in [3.63, 3.8) is 0 Å². The molecule has 51 heavy (non-hydrogen) atoms. The summed E-state index contributed by atoms with van der Waals surface area (Å²) >= 11 is 0. The lowest BCUT2D eigenvalue weighted by molar-refractivity contribution is 0.603. The van der Waals surface area contributed by atoms with E-state index in [1.807, 2.05) is 60.7 Å². The van der Waals surface area contributed by atoms with Crippen LogP contribution in [0, 0.1) is 0 Å². The van der Waals surface area contributed by atoms with Gasteiger partial charge in [0.25, 0.3) is 0 Å². The Labute approximate surface area is 293 Å². The lowest BCUT2D eigenvalue weighted by atomic mass is 9.95. The van der Waals surface area contributed by atoms with Crippen LogP contribution in [-0.2, 0) is 0 Å². The zero-order valence-electron chi connectivity index (χ0n) is 27.5. The molecule has 3 heterocycles. The lowest BCUT2D eigenvalue weighted by Crippen LogP contribution is -2.01. The minimum atomic E-state index is 0.543. The fraction of sp³-hybridized carbons (Fsp3) is 0.0217. The Bertz CT molecular complexity index is 2840. The SMILES string of the molecule is C1=Cc2oc3ccc(-c4nc(-c5ccccc5-c5cccc(-c6ccccc6)c5)nc(-c5cccc6c5oc5ccccc56)n4)cc3c2C=CC1. The Morgan fingerprint density at radius 2 is 1.08 bits per heavy atom. The van der Waals surface area contributed by atoms with Gasteiger partial charge in [-0.3, -0.25) is 0 Å². The molecule has 3 aromatic heterocycles. The van der Waals surface area contributed by atoms with Crippen molar-refractivity contribution in [3.8, 4) is 56.4 Å². The average Bonchev–Trinajstić information content (AvgIpc) is 3.66. The second kappa shape index (κ2) is 11.9. The van der Waals surface area contributed by atoms with Crippen LogP contribution in [0.3, 0.4) is 0 Å². The highest BCUT2D eigenvalue weighted by Gasteiger charge is 2.20. The molecular formula is C46H29N3O2. The first-order valence-corrected chi connectivity index (χ1v) is 17.1. The molecule has 10 rings (SSSR count). The number of allylic oxidation sites excluding steroid dienone is 2. The molecule has 5 nitrogen and oxygen atoms in total. The van der Waals surface area contributed by atoms with E-state index in [0.717, 1.165) is 84.0 Å². The number of aromatic nitrogens is 3. The fourth-order valence-electron chi connectivity index (χ4n) is 7.11. The summed E-state index contributed by atoms with van der Waals surface area (Å²) in [4.78, 5) is 15.5. The molecule has 0 bridgehead atoms. The van der Waals surface area contributed by atoms with Gasteiger partial charge in [0, 0.05) is 32.8 Å². The van der Waals surface area contributed by atoms with Crippen LogP contribution in [0.15, 0.2) is 161 Å². The molecule has 0 spiro atoms. The predicted octanol–water partition coefficient (Wildman–Crippen LogP) is 12.3. The highest BCUT2D eigenvalue weighted by atomic mass is 16.3. The largest absolute Gasteiger partial charge is 0.456 e. The molecule has 0 saturated carbocycles. The van der Waals surface area contributed by atoms with Crippen LogP contribution in [0.25, 0.3) is 101 Å². The lowest BCUT2D eigenvalue weighted by Gasteiger charge is -2.13. The molecule has 0 fully saturated rings. The van der Waals surface area contributed by atoms with Gasteiger partial charge in [0.1, 0.15) is 22.5 Å². The van der Waals surface area contributed by atoms with Gasteiger partial charge in [-0.25, -0.2) is 15.0 Å². The molecule has 0 saturated heterocycles. The Kier molecular flexibility index (Phi) is 6.81. The molecule has 0 N–H and O–H groups in total. The van der Waals surface area contributed by atoms with E-state index in [4.69, 9.17) is 23.8 Å². The summed E-state index contributed by atoms with van der Waals surface area (Å²) in [7, 11) is 0. The minimum Gasteiger partial charge on any atom is -0.456 e. The summed E-state index contributed by atoms with van der Waals surface area (Å²) in [5, 5.41) is 3.10. The number of furan rings is 2. The zero-order valence-corrected chi connectivity index (χ0v) is 27.5. The number of fused-ring (bicyclic) bond motifs is 6. The molecule has 5 heteroatoms. The smallest absolute Gasteiger partial charge is 0.167 e. The quantitative estimate of drug-likeness (QED) is 0.185. The number of benzene rings is 6. The number of hydrogen-bond donors (Lipinski definition) is 0. The molecule has 0 radical (unpaired) electrons. The molecule has 0 atom stereocenters. The van der Waals surface area contributed by atoms with E-state index in [0.29, 0.717) is 17.5 Å². The topological polar surface area (TPSA) is 65.0 Å². The standard InChI is InChI=1S/C46H29N3O2/c1-3-13-29(14-4-1)30-15-11-16-31(27-30)33-17-7-8-20-37(33)45-47-44(32-25-26-42-39(28-32)35-18-5-2-6-23-40(35)50-42)48-46(49-45)38-22-12-21-36-34-19-9-10-24-41(34)51-43(36)38/h1,3-28H,2H2. The monoisotopic (exact) mass is 655 g/mol. The second-order valence-electron chi connectivity index (χ2n) is 12.7. The van der Waals surface area contributed by atoms with Crippen LogP contribution in [0.1, 0.15) is 17.7 Å². The minimum absolute atomic E-state index is 0.543. The van der Waals surface area contributed by atoms with Crippen molar-refractivity contribution in [3.05, 3.63) is 163 Å². The van der Waals surface area contributed by atoms with Crippen molar-refractivity contribution in [2.24, 2.45) is 0 Å². The molecule has 0 amide bonds. The van der Waals surface area contributed by atoms with Crippen LogP contribution in [-0.4, -0.2) is 15.0 Å². The third-order valence-electron chi connectivity index (χ3n) is 9.57. The number of para-hydroxylation sites is 2. The Hall–Kier alpha value is -6.85. The van der Waals surface area contributed by atoms with Crippen molar-refractivity contribution >= 4 is 45.1 Å². The van der Waals surface area contributed by atoms with E-state index < -0.39 is 0 Å². The first kappa shape index (κ1) is 29.1. The van der Waals surface area contributed by atoms with Gasteiger partial charge in [-0.15, -0.1) is 0 Å². The van der Waals surface area contributed by atoms with Crippen LogP contribution in [0.5, 0.6) is 0 Å². The van der Waals surface area contributed by atoms with E-state index >= 15 is 0 Å². The molecule has 9 aromatic rings. The predicted molar refractivity (Wildman–Crippen MR) is 207 cm³/mol. The number of rotatable bonds is 5. The number of hydrogen-bond acceptors (Lipinski definition) is 5. The maximum absolute atomic E-state index is 6.47. The summed E-state index contributed by atoms with van der Waals surface area (Å²) in [6.45, 7) is 0. The maximum Gasteiger partial charge on any atom is 0.167 e. The van der Waals surface area contributed by atoms with Crippen LogP contribution >= 0.6 is 0 Å². The number of nitrogens with zero attached hydrogens (tertiary/aromatic N) is 3. The van der Waals surface area contributed by atoms with Crippen molar-refractivity contribution in [1.82, 2.24) is 15.0 Å². The van der Waals surface area contributed by atoms with Gasteiger partial charge in [-0.1, -0.05) is 121 Å². The summed E-state index contributed by atoms with van der Waals surface area (Å²) in [6.07, 6.45) is 9.32. The molecule has 1 aliphatic carbocycles. The summed E-state index contributed by atoms with van der Waals surface area (Å²) < 4.78 is 12.7. The highest BCUT2D eigenvalue weighted by molar-refractivity contribution is 6.09. The zero-order chi connectivity index (χ0) is 33.7. The Morgan fingerprint density at radius 1 is 0.412 bits per heavy atom. The fourth-order valence-corrected chi connectivity index (χ4v) is 7.11. The van der Waals surface area contributed by atoms with E-state index in [-0.39, 0.29) is 0 Å². The second-order valence-corrected chi connectivity index (χ2v) is 12.7. The molecule has 6 aromatic carbocycles.